The van der Waals surface area contributed by atoms with Gasteiger partial charge >= 0.3 is 0 Å². The molecule has 0 aromatic rings. The van der Waals surface area contributed by atoms with Crippen molar-refractivity contribution in [3.8, 4) is 0 Å². The van der Waals surface area contributed by atoms with Gasteiger partial charge in [0.15, 0.2) is 0 Å². The number of nitrogens with one attached hydrogen (secondary N) is 1. The monoisotopic (exact) mass is 246 g/mol. The van der Waals surface area contributed by atoms with Crippen LogP contribution in [0.4, 0.5) is 0 Å². The first-order valence-corrected chi connectivity index (χ1v) is 7.15. The van der Waals surface area contributed by atoms with E-state index in [0.29, 0.717) is 10.8 Å². The van der Waals surface area contributed by atoms with Crippen molar-refractivity contribution in [1.82, 2.24) is 10.2 Å². The van der Waals surface area contributed by atoms with Crippen molar-refractivity contribution in [2.45, 2.75) is 31.6 Å². The van der Waals surface area contributed by atoms with Crippen LogP contribution in [0.15, 0.2) is 0 Å². The number of likely N-dealkylation sites (N-methyl/N-ethyl adjacent to an activating group) is 1. The lowest BCUT2D eigenvalue weighted by Crippen LogP contribution is -2.53. The topological polar surface area (TPSA) is 24.5 Å². The van der Waals surface area contributed by atoms with Crippen LogP contribution in [0.3, 0.4) is 0 Å². The first-order chi connectivity index (χ1) is 7.59. The predicted octanol–water partition coefficient (Wildman–Crippen LogP) is 1.44. The summed E-state index contributed by atoms with van der Waals surface area (Å²) in [5.74, 6) is 1.24. The van der Waals surface area contributed by atoms with E-state index in [4.69, 9.17) is 4.74 Å². The van der Waals surface area contributed by atoms with E-state index in [1.807, 2.05) is 0 Å². The van der Waals surface area contributed by atoms with Crippen LogP contribution >= 0.6 is 11.8 Å². The maximum atomic E-state index is 5.33. The van der Waals surface area contributed by atoms with E-state index in [0.717, 1.165) is 26.2 Å². The summed E-state index contributed by atoms with van der Waals surface area (Å²) in [6.07, 6.45) is 0. The maximum Gasteiger partial charge on any atom is 0.0630 e. The van der Waals surface area contributed by atoms with Gasteiger partial charge < -0.3 is 10.1 Å². The largest absolute Gasteiger partial charge is 0.383 e. The van der Waals surface area contributed by atoms with Crippen molar-refractivity contribution in [3.63, 3.8) is 0 Å². The number of methoxy groups -OCH3 is 1. The lowest BCUT2D eigenvalue weighted by atomic mass is 10.1. The van der Waals surface area contributed by atoms with Crippen LogP contribution in [0.1, 0.15) is 20.8 Å². The smallest absolute Gasteiger partial charge is 0.0630 e. The third-order valence-corrected chi connectivity index (χ3v) is 4.26. The van der Waals surface area contributed by atoms with Crippen LogP contribution in [0.25, 0.3) is 0 Å². The van der Waals surface area contributed by atoms with Crippen molar-refractivity contribution < 1.29 is 4.74 Å². The minimum absolute atomic E-state index is 0.385. The predicted molar refractivity (Wildman–Crippen MR) is 72.3 cm³/mol. The fraction of sp³-hybridized carbons (Fsp3) is 1.00. The Hall–Kier alpha value is 0.230. The zero-order valence-corrected chi connectivity index (χ0v) is 11.9. The number of ether oxygens (including phenoxy) is 1. The molecule has 3 nitrogen and oxygen atoms in total. The minimum Gasteiger partial charge on any atom is -0.383 e. The molecule has 0 aromatic heterocycles. The van der Waals surface area contributed by atoms with Gasteiger partial charge in [-0.25, -0.2) is 0 Å². The Bertz CT molecular complexity index is 199. The molecule has 0 spiro atoms. The van der Waals surface area contributed by atoms with Gasteiger partial charge in [0.25, 0.3) is 0 Å². The maximum absolute atomic E-state index is 5.33. The zero-order valence-electron chi connectivity index (χ0n) is 11.1. The molecule has 96 valence electrons. The third kappa shape index (κ3) is 4.62. The Morgan fingerprint density at radius 1 is 1.50 bits per heavy atom. The first kappa shape index (κ1) is 14.3. The van der Waals surface area contributed by atoms with E-state index in [1.165, 1.54) is 12.3 Å². The second kappa shape index (κ2) is 6.84. The Kier molecular flexibility index (Phi) is 6.11. The summed E-state index contributed by atoms with van der Waals surface area (Å²) in [4.78, 5) is 2.57. The summed E-state index contributed by atoms with van der Waals surface area (Å²) in [6.45, 7) is 12.1. The van der Waals surface area contributed by atoms with Gasteiger partial charge in [-0.2, -0.15) is 11.8 Å². The summed E-state index contributed by atoms with van der Waals surface area (Å²) in [5, 5.41) is 3.43. The number of thioether (sulfide) groups is 1. The Morgan fingerprint density at radius 2 is 2.25 bits per heavy atom. The van der Waals surface area contributed by atoms with Crippen molar-refractivity contribution in [2.24, 2.45) is 0 Å². The molecule has 1 atom stereocenters. The minimum atomic E-state index is 0.385. The molecule has 1 N–H and O–H groups in total. The number of nitrogens with zero attached hydrogens (tertiary/aromatic N) is 1. The molecule has 1 heterocycles. The van der Waals surface area contributed by atoms with Crippen LogP contribution in [0.5, 0.6) is 0 Å². The average Bonchev–Trinajstić information content (AvgIpc) is 2.22. The van der Waals surface area contributed by atoms with Crippen LogP contribution in [0, 0.1) is 0 Å². The van der Waals surface area contributed by atoms with Crippen molar-refractivity contribution in [2.75, 3.05) is 45.6 Å². The van der Waals surface area contributed by atoms with E-state index >= 15 is 0 Å². The highest BCUT2D eigenvalue weighted by atomic mass is 32.2. The summed E-state index contributed by atoms with van der Waals surface area (Å²) < 4.78 is 5.72. The second-order valence-electron chi connectivity index (χ2n) is 5.00. The fourth-order valence-corrected chi connectivity index (χ4v) is 3.30. The number of hydrogen-bond donors (Lipinski definition) is 1. The quantitative estimate of drug-likeness (QED) is 0.766. The second-order valence-corrected chi connectivity index (χ2v) is 6.80. The Balaban J connectivity index is 2.48. The lowest BCUT2D eigenvalue weighted by molar-refractivity contribution is 0.0862. The summed E-state index contributed by atoms with van der Waals surface area (Å²) in [5.41, 5.74) is 0. The van der Waals surface area contributed by atoms with E-state index in [1.54, 1.807) is 7.11 Å². The zero-order chi connectivity index (χ0) is 12.0. The van der Waals surface area contributed by atoms with E-state index < -0.39 is 0 Å². The van der Waals surface area contributed by atoms with E-state index in [2.05, 4.69) is 42.7 Å². The van der Waals surface area contributed by atoms with Gasteiger partial charge in [0.1, 0.15) is 0 Å². The SMILES string of the molecule is CCNCC(COC)N1CCSC(C)(C)C1. The van der Waals surface area contributed by atoms with Gasteiger partial charge in [-0.3, -0.25) is 4.90 Å². The highest BCUT2D eigenvalue weighted by Crippen LogP contribution is 2.30. The van der Waals surface area contributed by atoms with Crippen LogP contribution in [0.2, 0.25) is 0 Å². The van der Waals surface area contributed by atoms with Crippen molar-refractivity contribution in [3.05, 3.63) is 0 Å². The standard InChI is InChI=1S/C12H26N2OS/c1-5-13-8-11(9-15-4)14-6-7-16-12(2,3)10-14/h11,13H,5-10H2,1-4H3. The van der Waals surface area contributed by atoms with E-state index in [-0.39, 0.29) is 0 Å². The Morgan fingerprint density at radius 3 is 2.81 bits per heavy atom. The summed E-state index contributed by atoms with van der Waals surface area (Å²) >= 11 is 2.08. The molecular formula is C12H26N2OS. The van der Waals surface area contributed by atoms with E-state index in [9.17, 15) is 0 Å². The summed E-state index contributed by atoms with van der Waals surface area (Å²) in [7, 11) is 1.79. The molecule has 4 heteroatoms. The molecule has 0 bridgehead atoms. The fourth-order valence-electron chi connectivity index (χ4n) is 2.16. The third-order valence-electron chi connectivity index (χ3n) is 2.96. The molecule has 0 amide bonds. The molecule has 0 aromatic carbocycles. The molecule has 0 aliphatic carbocycles. The molecule has 1 saturated heterocycles. The number of hydrogen-bond acceptors (Lipinski definition) is 4. The Labute approximate surface area is 104 Å². The highest BCUT2D eigenvalue weighted by Gasteiger charge is 2.30. The van der Waals surface area contributed by atoms with Gasteiger partial charge in [0.2, 0.25) is 0 Å². The normalized spacial score (nSPS) is 23.2. The van der Waals surface area contributed by atoms with Gasteiger partial charge in [0, 0.05) is 43.3 Å². The molecule has 0 radical (unpaired) electrons. The van der Waals surface area contributed by atoms with Crippen LogP contribution < -0.4 is 5.32 Å². The van der Waals surface area contributed by atoms with Gasteiger partial charge in [0.05, 0.1) is 6.61 Å². The molecule has 0 saturated carbocycles. The molecular weight excluding hydrogens is 220 g/mol. The van der Waals surface area contributed by atoms with Gasteiger partial charge in [-0.15, -0.1) is 0 Å². The molecule has 1 unspecified atom stereocenters. The van der Waals surface area contributed by atoms with Gasteiger partial charge in [-0.1, -0.05) is 6.92 Å². The van der Waals surface area contributed by atoms with Gasteiger partial charge in [-0.05, 0) is 20.4 Å². The molecule has 1 aliphatic heterocycles. The molecule has 16 heavy (non-hydrogen) atoms. The first-order valence-electron chi connectivity index (χ1n) is 6.16. The van der Waals surface area contributed by atoms with Crippen molar-refractivity contribution >= 4 is 11.8 Å². The summed E-state index contributed by atoms with van der Waals surface area (Å²) in [6, 6.07) is 0.519. The van der Waals surface area contributed by atoms with Crippen LogP contribution in [-0.4, -0.2) is 61.3 Å². The van der Waals surface area contributed by atoms with Crippen LogP contribution in [-0.2, 0) is 4.74 Å². The average molecular weight is 246 g/mol. The number of rotatable bonds is 6. The molecule has 1 aliphatic rings. The highest BCUT2D eigenvalue weighted by molar-refractivity contribution is 8.00. The molecule has 1 fully saturated rings. The lowest BCUT2D eigenvalue weighted by Gasteiger charge is -2.41. The van der Waals surface area contributed by atoms with Crippen molar-refractivity contribution in [1.29, 1.82) is 0 Å². The molecule has 1 rings (SSSR count).